The molecule has 1 aliphatic carbocycles. The zero-order valence-electron chi connectivity index (χ0n) is 20.6. The van der Waals surface area contributed by atoms with E-state index in [0.717, 1.165) is 74.2 Å². The number of carbonyl (C=O) groups is 1. The van der Waals surface area contributed by atoms with Crippen molar-refractivity contribution < 1.29 is 14.3 Å². The molecule has 35 heavy (non-hydrogen) atoms. The predicted molar refractivity (Wildman–Crippen MR) is 136 cm³/mol. The van der Waals surface area contributed by atoms with Crippen molar-refractivity contribution in [2.45, 2.75) is 64.5 Å². The molecule has 1 saturated heterocycles. The number of benzene rings is 2. The molecule has 0 radical (unpaired) electrons. The Balaban J connectivity index is 1.53. The van der Waals surface area contributed by atoms with Crippen LogP contribution < -0.4 is 4.74 Å². The van der Waals surface area contributed by atoms with Gasteiger partial charge in [-0.05, 0) is 56.4 Å². The molecule has 1 aromatic heterocycles. The van der Waals surface area contributed by atoms with Gasteiger partial charge in [0.2, 0.25) is 11.8 Å². The summed E-state index contributed by atoms with van der Waals surface area (Å²) in [5, 5.41) is 4.96. The molecule has 184 valence electrons. The Hall–Kier alpha value is -3.12. The Morgan fingerprint density at radius 3 is 2.40 bits per heavy atom. The zero-order chi connectivity index (χ0) is 24.0. The first-order chi connectivity index (χ1) is 17.2. The summed E-state index contributed by atoms with van der Waals surface area (Å²) in [5.41, 5.74) is 2.87. The summed E-state index contributed by atoms with van der Waals surface area (Å²) < 4.78 is 14.3. The van der Waals surface area contributed by atoms with Gasteiger partial charge in [-0.15, -0.1) is 0 Å². The fourth-order valence-electron chi connectivity index (χ4n) is 5.26. The lowest BCUT2D eigenvalue weighted by molar-refractivity contribution is -0.137. The number of para-hydroxylation sites is 2. The van der Waals surface area contributed by atoms with Crippen molar-refractivity contribution in [3.63, 3.8) is 0 Å². The lowest BCUT2D eigenvalue weighted by atomic mass is 10.0. The molecule has 2 fully saturated rings. The van der Waals surface area contributed by atoms with Gasteiger partial charge in [0.05, 0.1) is 29.6 Å². The summed E-state index contributed by atoms with van der Waals surface area (Å²) in [6.07, 6.45) is 7.17. The van der Waals surface area contributed by atoms with Crippen LogP contribution in [0, 0.1) is 5.92 Å². The van der Waals surface area contributed by atoms with Gasteiger partial charge >= 0.3 is 0 Å². The van der Waals surface area contributed by atoms with Crippen molar-refractivity contribution in [2.75, 3.05) is 13.2 Å². The van der Waals surface area contributed by atoms with Crippen LogP contribution in [0.3, 0.4) is 0 Å². The molecule has 1 aliphatic heterocycles. The van der Waals surface area contributed by atoms with Gasteiger partial charge in [0.1, 0.15) is 5.75 Å². The van der Waals surface area contributed by atoms with Crippen LogP contribution in [0.25, 0.3) is 5.69 Å². The van der Waals surface area contributed by atoms with Gasteiger partial charge in [-0.1, -0.05) is 56.2 Å². The largest absolute Gasteiger partial charge is 0.439 e. The molecule has 0 bridgehead atoms. The predicted octanol–water partition coefficient (Wildman–Crippen LogP) is 5.92. The van der Waals surface area contributed by atoms with Crippen LogP contribution >= 0.6 is 0 Å². The maximum absolute atomic E-state index is 13.7. The molecular weight excluding hydrogens is 438 g/mol. The average Bonchev–Trinajstić information content (AvgIpc) is 3.67. The van der Waals surface area contributed by atoms with E-state index in [0.29, 0.717) is 19.0 Å². The lowest BCUT2D eigenvalue weighted by Crippen LogP contribution is -2.40. The molecule has 2 heterocycles. The quantitative estimate of drug-likeness (QED) is 0.387. The van der Waals surface area contributed by atoms with Gasteiger partial charge in [0.15, 0.2) is 0 Å². The molecule has 3 aromatic rings. The summed E-state index contributed by atoms with van der Waals surface area (Å²) in [7, 11) is 0. The third kappa shape index (κ3) is 5.43. The fourth-order valence-corrected chi connectivity index (χ4v) is 5.26. The van der Waals surface area contributed by atoms with E-state index < -0.39 is 0 Å². The molecule has 2 aromatic carbocycles. The van der Waals surface area contributed by atoms with Gasteiger partial charge in [0.25, 0.3) is 0 Å². The molecule has 2 aliphatic rings. The van der Waals surface area contributed by atoms with E-state index in [4.69, 9.17) is 14.6 Å². The van der Waals surface area contributed by atoms with Crippen LogP contribution in [-0.2, 0) is 22.5 Å². The van der Waals surface area contributed by atoms with Crippen molar-refractivity contribution in [2.24, 2.45) is 5.92 Å². The third-order valence-corrected chi connectivity index (χ3v) is 7.13. The van der Waals surface area contributed by atoms with Crippen molar-refractivity contribution in [3.8, 4) is 17.3 Å². The number of nitrogens with zero attached hydrogens (tertiary/aromatic N) is 3. The van der Waals surface area contributed by atoms with Crippen LogP contribution in [-0.4, -0.2) is 39.8 Å². The highest BCUT2D eigenvalue weighted by Gasteiger charge is 2.32. The number of amides is 1. The monoisotopic (exact) mass is 473 g/mol. The molecule has 1 saturated carbocycles. The maximum Gasteiger partial charge on any atom is 0.227 e. The van der Waals surface area contributed by atoms with Crippen molar-refractivity contribution >= 4 is 5.91 Å². The maximum atomic E-state index is 13.7. The van der Waals surface area contributed by atoms with Crippen LogP contribution in [0.2, 0.25) is 0 Å². The standard InChI is InChI=1S/C29H35N3O3/c1-2-27-26(21-31(20-25-18-11-19-34-25)28(33)22-12-9-10-13-22)29(35-24-16-7-4-8-17-24)32(30-27)23-14-5-3-6-15-23/h3-8,14-17,22,25H,2,9-13,18-21H2,1H3/t25-/m1/s1. The minimum absolute atomic E-state index is 0.105. The smallest absolute Gasteiger partial charge is 0.227 e. The summed E-state index contributed by atoms with van der Waals surface area (Å²) in [6.45, 7) is 3.99. The Kier molecular flexibility index (Phi) is 7.48. The Morgan fingerprint density at radius 1 is 1.03 bits per heavy atom. The lowest BCUT2D eigenvalue weighted by Gasteiger charge is -2.28. The Morgan fingerprint density at radius 2 is 1.74 bits per heavy atom. The van der Waals surface area contributed by atoms with Crippen LogP contribution in [0.1, 0.15) is 56.7 Å². The molecule has 0 N–H and O–H groups in total. The van der Waals surface area contributed by atoms with E-state index in [2.05, 4.69) is 6.92 Å². The topological polar surface area (TPSA) is 56.6 Å². The van der Waals surface area contributed by atoms with Gasteiger partial charge < -0.3 is 14.4 Å². The highest BCUT2D eigenvalue weighted by Crippen LogP contribution is 2.34. The SMILES string of the molecule is CCc1nn(-c2ccccc2)c(Oc2ccccc2)c1CN(C[C@H]1CCCO1)C(=O)C1CCCC1. The zero-order valence-corrected chi connectivity index (χ0v) is 20.6. The van der Waals surface area contributed by atoms with E-state index in [-0.39, 0.29) is 17.9 Å². The van der Waals surface area contributed by atoms with Crippen LogP contribution in [0.4, 0.5) is 0 Å². The number of aromatic nitrogens is 2. The third-order valence-electron chi connectivity index (χ3n) is 7.13. The number of hydrogen-bond donors (Lipinski definition) is 0. The number of hydrogen-bond acceptors (Lipinski definition) is 4. The highest BCUT2D eigenvalue weighted by atomic mass is 16.5. The average molecular weight is 474 g/mol. The van der Waals surface area contributed by atoms with Crippen LogP contribution in [0.15, 0.2) is 60.7 Å². The molecular formula is C29H35N3O3. The summed E-state index contributed by atoms with van der Waals surface area (Å²) in [6, 6.07) is 19.9. The van der Waals surface area contributed by atoms with Gasteiger partial charge in [-0.3, -0.25) is 4.79 Å². The second-order valence-electron chi connectivity index (χ2n) is 9.58. The van der Waals surface area contributed by atoms with E-state index in [1.807, 2.05) is 70.2 Å². The van der Waals surface area contributed by atoms with Gasteiger partial charge in [0, 0.05) is 19.1 Å². The minimum Gasteiger partial charge on any atom is -0.439 e. The normalized spacial score (nSPS) is 18.1. The number of rotatable bonds is 9. The Labute approximate surface area is 207 Å². The van der Waals surface area contributed by atoms with Crippen molar-refractivity contribution in [1.82, 2.24) is 14.7 Å². The molecule has 1 atom stereocenters. The number of aryl methyl sites for hydroxylation is 1. The number of ether oxygens (including phenoxy) is 2. The Bertz CT molecular complexity index is 1100. The first kappa shape index (κ1) is 23.6. The second kappa shape index (κ2) is 11.1. The van der Waals surface area contributed by atoms with Crippen LogP contribution in [0.5, 0.6) is 11.6 Å². The minimum atomic E-state index is 0.105. The second-order valence-corrected chi connectivity index (χ2v) is 9.58. The summed E-state index contributed by atoms with van der Waals surface area (Å²) >= 11 is 0. The highest BCUT2D eigenvalue weighted by molar-refractivity contribution is 5.79. The number of carbonyl (C=O) groups excluding carboxylic acids is 1. The van der Waals surface area contributed by atoms with E-state index in [1.165, 1.54) is 0 Å². The van der Waals surface area contributed by atoms with Crippen molar-refractivity contribution in [1.29, 1.82) is 0 Å². The van der Waals surface area contributed by atoms with E-state index in [1.54, 1.807) is 0 Å². The molecule has 0 spiro atoms. The molecule has 6 nitrogen and oxygen atoms in total. The molecule has 1 amide bonds. The summed E-state index contributed by atoms with van der Waals surface area (Å²) in [5.74, 6) is 1.79. The summed E-state index contributed by atoms with van der Waals surface area (Å²) in [4.78, 5) is 15.7. The molecule has 6 heteroatoms. The molecule has 0 unspecified atom stereocenters. The van der Waals surface area contributed by atoms with Crippen molar-refractivity contribution in [3.05, 3.63) is 71.9 Å². The van der Waals surface area contributed by atoms with E-state index >= 15 is 0 Å². The fraction of sp³-hybridized carbons (Fsp3) is 0.448. The first-order valence-electron chi connectivity index (χ1n) is 13.0. The first-order valence-corrected chi connectivity index (χ1v) is 13.0. The van der Waals surface area contributed by atoms with Gasteiger partial charge in [-0.25, -0.2) is 4.68 Å². The van der Waals surface area contributed by atoms with E-state index in [9.17, 15) is 4.79 Å². The molecule has 5 rings (SSSR count). The van der Waals surface area contributed by atoms with Gasteiger partial charge in [-0.2, -0.15) is 5.10 Å².